The molecule has 0 aliphatic rings. The number of furan rings is 1. The molecular weight excluding hydrogens is 372 g/mol. The van der Waals surface area contributed by atoms with Crippen molar-refractivity contribution in [2.75, 3.05) is 13.1 Å². The van der Waals surface area contributed by atoms with Crippen LogP contribution in [0.15, 0.2) is 21.1 Å². The van der Waals surface area contributed by atoms with Crippen LogP contribution in [0, 0.1) is 20.8 Å². The van der Waals surface area contributed by atoms with Crippen molar-refractivity contribution in [2.45, 2.75) is 47.6 Å². The summed E-state index contributed by atoms with van der Waals surface area (Å²) < 4.78 is 10.9. The fraction of sp³-hybridized carbons (Fsp3) is 0.429. The van der Waals surface area contributed by atoms with E-state index in [9.17, 15) is 9.59 Å². The molecule has 0 unspecified atom stereocenters. The van der Waals surface area contributed by atoms with Crippen LogP contribution in [-0.2, 0) is 4.79 Å². The first-order chi connectivity index (χ1) is 13.8. The van der Waals surface area contributed by atoms with E-state index in [-0.39, 0.29) is 17.5 Å². The zero-order valence-corrected chi connectivity index (χ0v) is 17.6. The van der Waals surface area contributed by atoms with E-state index in [2.05, 4.69) is 15.5 Å². The van der Waals surface area contributed by atoms with Gasteiger partial charge in [0.1, 0.15) is 17.6 Å². The Labute approximate surface area is 169 Å². The van der Waals surface area contributed by atoms with Gasteiger partial charge in [0, 0.05) is 18.7 Å². The molecule has 2 amide bonds. The number of carbonyl (C=O) groups is 2. The molecule has 0 radical (unpaired) electrons. The number of nitrogens with one attached hydrogen (secondary N) is 1. The topological polar surface area (TPSA) is 101 Å². The molecule has 0 aliphatic heterocycles. The summed E-state index contributed by atoms with van der Waals surface area (Å²) in [5.74, 6) is 0.938. The molecule has 3 aromatic rings. The number of hydrogen-bond donors (Lipinski definition) is 1. The second-order valence-corrected chi connectivity index (χ2v) is 7.04. The summed E-state index contributed by atoms with van der Waals surface area (Å²) in [5.41, 5.74) is 2.52. The van der Waals surface area contributed by atoms with Crippen molar-refractivity contribution >= 4 is 22.9 Å². The molecule has 3 aromatic heterocycles. The average molecular weight is 398 g/mol. The van der Waals surface area contributed by atoms with Gasteiger partial charge in [0.25, 0.3) is 11.6 Å². The maximum absolute atomic E-state index is 13.1. The van der Waals surface area contributed by atoms with Crippen molar-refractivity contribution < 1.29 is 18.5 Å². The van der Waals surface area contributed by atoms with E-state index in [1.54, 1.807) is 24.8 Å². The number of aryl methyl sites for hydroxylation is 3. The smallest absolute Gasteiger partial charge is 0.259 e. The van der Waals surface area contributed by atoms with Gasteiger partial charge in [0.05, 0.1) is 22.3 Å². The van der Waals surface area contributed by atoms with Gasteiger partial charge in [0.2, 0.25) is 5.91 Å². The number of pyridine rings is 1. The molecule has 3 heterocycles. The van der Waals surface area contributed by atoms with E-state index >= 15 is 0 Å². The molecule has 0 aromatic carbocycles. The largest absolute Gasteiger partial charge is 0.466 e. The van der Waals surface area contributed by atoms with Gasteiger partial charge in [-0.25, -0.2) is 4.98 Å². The van der Waals surface area contributed by atoms with Crippen molar-refractivity contribution in [1.29, 1.82) is 0 Å². The van der Waals surface area contributed by atoms with E-state index in [0.29, 0.717) is 41.2 Å². The Morgan fingerprint density at radius 2 is 1.86 bits per heavy atom. The zero-order valence-electron chi connectivity index (χ0n) is 17.6. The quantitative estimate of drug-likeness (QED) is 0.683. The highest BCUT2D eigenvalue weighted by Gasteiger charge is 2.25. The maximum atomic E-state index is 13.1. The van der Waals surface area contributed by atoms with E-state index < -0.39 is 6.04 Å². The van der Waals surface area contributed by atoms with Crippen molar-refractivity contribution in [1.82, 2.24) is 20.4 Å². The Bertz CT molecular complexity index is 1060. The van der Waals surface area contributed by atoms with Crippen LogP contribution in [0.5, 0.6) is 0 Å². The van der Waals surface area contributed by atoms with Crippen molar-refractivity contribution in [3.8, 4) is 11.3 Å². The third-order valence-corrected chi connectivity index (χ3v) is 4.97. The molecule has 0 bridgehead atoms. The standard InChI is InChI=1S/C21H26N4O4/c1-7-25(8-2)21(27)13(5)22-19(26)16-10-17(15-9-11(3)28-14(15)6)23-20-18(16)12(4)24-29-20/h9-10,13H,7-8H2,1-6H3,(H,22,26)/t13-/m1/s1. The van der Waals surface area contributed by atoms with Crippen molar-refractivity contribution in [3.05, 3.63) is 34.9 Å². The molecule has 29 heavy (non-hydrogen) atoms. The molecule has 1 atom stereocenters. The first kappa shape index (κ1) is 20.6. The minimum atomic E-state index is -0.660. The number of hydrogen-bond acceptors (Lipinski definition) is 6. The summed E-state index contributed by atoms with van der Waals surface area (Å²) in [4.78, 5) is 31.8. The Hall–Kier alpha value is -3.16. The summed E-state index contributed by atoms with van der Waals surface area (Å²) in [7, 11) is 0. The van der Waals surface area contributed by atoms with Gasteiger partial charge in [-0.2, -0.15) is 0 Å². The van der Waals surface area contributed by atoms with Gasteiger partial charge in [-0.05, 0) is 53.7 Å². The fourth-order valence-corrected chi connectivity index (χ4v) is 3.44. The Morgan fingerprint density at radius 3 is 2.45 bits per heavy atom. The number of carbonyl (C=O) groups excluding carboxylic acids is 2. The number of aromatic nitrogens is 2. The van der Waals surface area contributed by atoms with Crippen LogP contribution in [0.3, 0.4) is 0 Å². The van der Waals surface area contributed by atoms with Crippen molar-refractivity contribution in [2.24, 2.45) is 0 Å². The minimum absolute atomic E-state index is 0.128. The van der Waals surface area contributed by atoms with Gasteiger partial charge in [0.15, 0.2) is 0 Å². The van der Waals surface area contributed by atoms with Crippen LogP contribution in [0.2, 0.25) is 0 Å². The first-order valence-corrected chi connectivity index (χ1v) is 9.70. The molecule has 0 fully saturated rings. The highest BCUT2D eigenvalue weighted by atomic mass is 16.5. The zero-order chi connectivity index (χ0) is 21.3. The normalized spacial score (nSPS) is 12.2. The number of fused-ring (bicyclic) bond motifs is 1. The number of nitrogens with zero attached hydrogens (tertiary/aromatic N) is 3. The van der Waals surface area contributed by atoms with Crippen LogP contribution in [0.25, 0.3) is 22.4 Å². The molecule has 1 N–H and O–H groups in total. The van der Waals surface area contributed by atoms with E-state index in [1.165, 1.54) is 0 Å². The highest BCUT2D eigenvalue weighted by molar-refractivity contribution is 6.08. The van der Waals surface area contributed by atoms with Gasteiger partial charge in [-0.15, -0.1) is 0 Å². The Balaban J connectivity index is 2.01. The average Bonchev–Trinajstić information content (AvgIpc) is 3.23. The van der Waals surface area contributed by atoms with E-state index in [1.807, 2.05) is 33.8 Å². The lowest BCUT2D eigenvalue weighted by Gasteiger charge is -2.23. The van der Waals surface area contributed by atoms with Crippen LogP contribution in [0.4, 0.5) is 0 Å². The predicted octanol–water partition coefficient (Wildman–Crippen LogP) is 3.39. The third kappa shape index (κ3) is 3.87. The van der Waals surface area contributed by atoms with E-state index in [0.717, 1.165) is 11.3 Å². The molecule has 0 saturated heterocycles. The van der Waals surface area contributed by atoms with Gasteiger partial charge < -0.3 is 19.2 Å². The van der Waals surface area contributed by atoms with Crippen LogP contribution < -0.4 is 5.32 Å². The lowest BCUT2D eigenvalue weighted by atomic mass is 10.0. The number of likely N-dealkylation sites (N-methyl/N-ethyl adjacent to an activating group) is 1. The Kier molecular flexibility index (Phi) is 5.72. The maximum Gasteiger partial charge on any atom is 0.259 e. The summed E-state index contributed by atoms with van der Waals surface area (Å²) in [6.45, 7) is 12.1. The minimum Gasteiger partial charge on any atom is -0.466 e. The van der Waals surface area contributed by atoms with Crippen molar-refractivity contribution in [3.63, 3.8) is 0 Å². The van der Waals surface area contributed by atoms with Gasteiger partial charge >= 0.3 is 0 Å². The fourth-order valence-electron chi connectivity index (χ4n) is 3.44. The summed E-state index contributed by atoms with van der Waals surface area (Å²) >= 11 is 0. The molecular formula is C21H26N4O4. The lowest BCUT2D eigenvalue weighted by Crippen LogP contribution is -2.46. The molecule has 0 aliphatic carbocycles. The number of amides is 2. The summed E-state index contributed by atoms with van der Waals surface area (Å²) in [6, 6.07) is 2.89. The Morgan fingerprint density at radius 1 is 1.17 bits per heavy atom. The number of rotatable bonds is 6. The van der Waals surface area contributed by atoms with Crippen LogP contribution in [0.1, 0.15) is 48.3 Å². The van der Waals surface area contributed by atoms with Gasteiger partial charge in [-0.3, -0.25) is 9.59 Å². The van der Waals surface area contributed by atoms with Crippen LogP contribution in [-0.4, -0.2) is 46.0 Å². The molecule has 8 nitrogen and oxygen atoms in total. The van der Waals surface area contributed by atoms with Gasteiger partial charge in [-0.1, -0.05) is 5.16 Å². The first-order valence-electron chi connectivity index (χ1n) is 9.70. The summed E-state index contributed by atoms with van der Waals surface area (Å²) in [6.07, 6.45) is 0. The predicted molar refractivity (Wildman–Crippen MR) is 109 cm³/mol. The SMILES string of the molecule is CCN(CC)C(=O)[C@@H](C)NC(=O)c1cc(-c2cc(C)oc2C)nc2onc(C)c12. The van der Waals surface area contributed by atoms with Crippen LogP contribution >= 0.6 is 0 Å². The molecule has 8 heteroatoms. The second kappa shape index (κ2) is 8.06. The molecule has 3 rings (SSSR count). The molecule has 0 saturated carbocycles. The second-order valence-electron chi connectivity index (χ2n) is 7.04. The highest BCUT2D eigenvalue weighted by Crippen LogP contribution is 2.30. The molecule has 0 spiro atoms. The summed E-state index contributed by atoms with van der Waals surface area (Å²) in [5, 5.41) is 7.29. The molecule has 154 valence electrons. The monoisotopic (exact) mass is 398 g/mol. The van der Waals surface area contributed by atoms with E-state index in [4.69, 9.17) is 8.94 Å². The third-order valence-electron chi connectivity index (χ3n) is 4.97. The lowest BCUT2D eigenvalue weighted by molar-refractivity contribution is -0.132.